The fourth-order valence-electron chi connectivity index (χ4n) is 2.32. The number of rotatable bonds is 5. The van der Waals surface area contributed by atoms with E-state index in [1.54, 1.807) is 0 Å². The minimum atomic E-state index is 0.437. The number of likely N-dealkylation sites (N-methyl/N-ethyl adjacent to an activating group) is 1. The maximum Gasteiger partial charge on any atom is 0.0421 e. The van der Waals surface area contributed by atoms with Gasteiger partial charge in [0.2, 0.25) is 0 Å². The normalized spacial score (nSPS) is 12.1. The summed E-state index contributed by atoms with van der Waals surface area (Å²) in [5, 5.41) is 0. The minimum Gasteiger partial charge on any atom is -0.299 e. The molecular weight excluding hydrogens is 256 g/mol. The molecule has 0 bridgehead atoms. The third-order valence-electron chi connectivity index (χ3n) is 3.78. The fourth-order valence-corrected chi connectivity index (χ4v) is 2.32. The fraction of sp³-hybridized carbons (Fsp3) is 0.316. The van der Waals surface area contributed by atoms with Gasteiger partial charge < -0.3 is 0 Å². The van der Waals surface area contributed by atoms with Gasteiger partial charge in [-0.05, 0) is 56.3 Å². The zero-order chi connectivity index (χ0) is 15.2. The quantitative estimate of drug-likeness (QED) is 0.779. The molecule has 0 aliphatic carbocycles. The maximum atomic E-state index is 5.38. The highest BCUT2D eigenvalue weighted by Gasteiger charge is 2.11. The van der Waals surface area contributed by atoms with Crippen LogP contribution in [0.15, 0.2) is 42.6 Å². The van der Waals surface area contributed by atoms with E-state index in [2.05, 4.69) is 54.9 Å². The summed E-state index contributed by atoms with van der Waals surface area (Å²) in [6.07, 6.45) is 8.22. The van der Waals surface area contributed by atoms with E-state index in [-0.39, 0.29) is 0 Å². The smallest absolute Gasteiger partial charge is 0.0421 e. The molecule has 2 aromatic rings. The first-order valence-corrected chi connectivity index (χ1v) is 7.26. The van der Waals surface area contributed by atoms with E-state index < -0.39 is 0 Å². The third kappa shape index (κ3) is 4.44. The van der Waals surface area contributed by atoms with Gasteiger partial charge in [-0.1, -0.05) is 18.1 Å². The van der Waals surface area contributed by atoms with E-state index in [1.165, 1.54) is 11.1 Å². The van der Waals surface area contributed by atoms with Crippen LogP contribution in [0.3, 0.4) is 0 Å². The molecule has 0 aliphatic rings. The van der Waals surface area contributed by atoms with Gasteiger partial charge in [0.1, 0.15) is 0 Å². The van der Waals surface area contributed by atoms with E-state index in [0.717, 1.165) is 24.2 Å². The molecule has 0 spiro atoms. The average Bonchev–Trinajstić information content (AvgIpc) is 2.48. The van der Waals surface area contributed by atoms with Crippen LogP contribution in [-0.2, 0) is 13.0 Å². The van der Waals surface area contributed by atoms with Crippen molar-refractivity contribution in [3.05, 3.63) is 65.0 Å². The lowest BCUT2D eigenvalue weighted by molar-refractivity contribution is 0.247. The van der Waals surface area contributed by atoms with Crippen LogP contribution < -0.4 is 0 Å². The standard InChI is InChI=1S/C19H22N2/c1-5-17-6-8-18(9-7-17)14-21(4)16(3)13-19-12-15(2)10-11-20-19/h1,6-12,16H,13-14H2,2-4H3/t16-/m1/s1. The number of benzene rings is 1. The molecule has 1 atom stereocenters. The van der Waals surface area contributed by atoms with Gasteiger partial charge in [0, 0.05) is 36.5 Å². The zero-order valence-corrected chi connectivity index (χ0v) is 13.0. The molecule has 0 saturated carbocycles. The Morgan fingerprint density at radius 3 is 2.57 bits per heavy atom. The van der Waals surface area contributed by atoms with E-state index in [9.17, 15) is 0 Å². The summed E-state index contributed by atoms with van der Waals surface area (Å²) in [6, 6.07) is 12.8. The van der Waals surface area contributed by atoms with Gasteiger partial charge in [0.15, 0.2) is 0 Å². The summed E-state index contributed by atoms with van der Waals surface area (Å²) >= 11 is 0. The Hall–Kier alpha value is -2.11. The third-order valence-corrected chi connectivity index (χ3v) is 3.78. The van der Waals surface area contributed by atoms with Crippen LogP contribution in [0.4, 0.5) is 0 Å². The summed E-state index contributed by atoms with van der Waals surface area (Å²) in [7, 11) is 2.15. The Balaban J connectivity index is 1.95. The molecule has 1 aromatic heterocycles. The Bertz CT molecular complexity index is 623. The van der Waals surface area contributed by atoms with Crippen LogP contribution in [0, 0.1) is 19.3 Å². The molecule has 0 unspecified atom stereocenters. The molecule has 108 valence electrons. The second kappa shape index (κ2) is 7.06. The molecule has 0 fully saturated rings. The first kappa shape index (κ1) is 15.3. The Morgan fingerprint density at radius 1 is 1.24 bits per heavy atom. The zero-order valence-electron chi connectivity index (χ0n) is 13.0. The van der Waals surface area contributed by atoms with Crippen LogP contribution in [-0.4, -0.2) is 23.0 Å². The summed E-state index contributed by atoms with van der Waals surface area (Å²) in [6.45, 7) is 5.25. The monoisotopic (exact) mass is 278 g/mol. The van der Waals surface area contributed by atoms with Crippen LogP contribution in [0.2, 0.25) is 0 Å². The topological polar surface area (TPSA) is 16.1 Å². The van der Waals surface area contributed by atoms with Crippen molar-refractivity contribution in [2.45, 2.75) is 32.9 Å². The lowest BCUT2D eigenvalue weighted by Gasteiger charge is -2.24. The number of hydrogen-bond donors (Lipinski definition) is 0. The SMILES string of the molecule is C#Cc1ccc(CN(C)[C@H](C)Cc2cc(C)ccn2)cc1. The van der Waals surface area contributed by atoms with Crippen molar-refractivity contribution in [2.75, 3.05) is 7.05 Å². The van der Waals surface area contributed by atoms with Crippen molar-refractivity contribution >= 4 is 0 Å². The van der Waals surface area contributed by atoms with Crippen LogP contribution in [0.5, 0.6) is 0 Å². The molecule has 2 heteroatoms. The van der Waals surface area contributed by atoms with Crippen LogP contribution >= 0.6 is 0 Å². The molecule has 1 aromatic carbocycles. The van der Waals surface area contributed by atoms with E-state index >= 15 is 0 Å². The summed E-state index contributed by atoms with van der Waals surface area (Å²) in [5.41, 5.74) is 4.62. The number of pyridine rings is 1. The van der Waals surface area contributed by atoms with Crippen molar-refractivity contribution < 1.29 is 0 Å². The summed E-state index contributed by atoms with van der Waals surface area (Å²) in [4.78, 5) is 6.78. The van der Waals surface area contributed by atoms with E-state index in [0.29, 0.717) is 6.04 Å². The van der Waals surface area contributed by atoms with Crippen LogP contribution in [0.1, 0.15) is 29.3 Å². The highest BCUT2D eigenvalue weighted by molar-refractivity contribution is 5.34. The van der Waals surface area contributed by atoms with Gasteiger partial charge in [-0.2, -0.15) is 0 Å². The van der Waals surface area contributed by atoms with Gasteiger partial charge in [-0.25, -0.2) is 0 Å². The predicted octanol–water partition coefficient (Wildman–Crippen LogP) is 3.43. The molecule has 0 radical (unpaired) electrons. The Labute approximate surface area is 127 Å². The molecule has 21 heavy (non-hydrogen) atoms. The number of terminal acetylenes is 1. The molecule has 1 heterocycles. The van der Waals surface area contributed by atoms with Gasteiger partial charge in [-0.15, -0.1) is 6.42 Å². The second-order valence-corrected chi connectivity index (χ2v) is 5.63. The van der Waals surface area contributed by atoms with Gasteiger partial charge in [0.05, 0.1) is 0 Å². The highest BCUT2D eigenvalue weighted by atomic mass is 15.1. The number of aromatic nitrogens is 1. The van der Waals surface area contributed by atoms with Gasteiger partial charge in [-0.3, -0.25) is 9.88 Å². The van der Waals surface area contributed by atoms with Crippen molar-refractivity contribution in [3.8, 4) is 12.3 Å². The molecule has 0 saturated heterocycles. The second-order valence-electron chi connectivity index (χ2n) is 5.63. The average molecular weight is 278 g/mol. The van der Waals surface area contributed by atoms with Gasteiger partial charge in [0.25, 0.3) is 0 Å². The van der Waals surface area contributed by atoms with Crippen LogP contribution in [0.25, 0.3) is 0 Å². The summed E-state index contributed by atoms with van der Waals surface area (Å²) < 4.78 is 0. The summed E-state index contributed by atoms with van der Waals surface area (Å²) in [5.74, 6) is 2.65. The number of aryl methyl sites for hydroxylation is 1. The molecule has 0 amide bonds. The lowest BCUT2D eigenvalue weighted by Crippen LogP contribution is -2.30. The highest BCUT2D eigenvalue weighted by Crippen LogP contribution is 2.11. The van der Waals surface area contributed by atoms with E-state index in [1.807, 2.05) is 24.4 Å². The first-order chi connectivity index (χ1) is 10.1. The molecule has 2 rings (SSSR count). The molecule has 0 N–H and O–H groups in total. The number of hydrogen-bond acceptors (Lipinski definition) is 2. The molecule has 0 aliphatic heterocycles. The van der Waals surface area contributed by atoms with Crippen molar-refractivity contribution in [2.24, 2.45) is 0 Å². The number of nitrogens with zero attached hydrogens (tertiary/aromatic N) is 2. The maximum absolute atomic E-state index is 5.38. The van der Waals surface area contributed by atoms with Gasteiger partial charge >= 0.3 is 0 Å². The van der Waals surface area contributed by atoms with Crippen molar-refractivity contribution in [1.29, 1.82) is 0 Å². The largest absolute Gasteiger partial charge is 0.299 e. The lowest BCUT2D eigenvalue weighted by atomic mass is 10.1. The van der Waals surface area contributed by atoms with Crippen molar-refractivity contribution in [3.63, 3.8) is 0 Å². The Kier molecular flexibility index (Phi) is 5.14. The predicted molar refractivity (Wildman–Crippen MR) is 88.0 cm³/mol. The molecular formula is C19H22N2. The van der Waals surface area contributed by atoms with Crippen molar-refractivity contribution in [1.82, 2.24) is 9.88 Å². The van der Waals surface area contributed by atoms with E-state index in [4.69, 9.17) is 6.42 Å². The minimum absolute atomic E-state index is 0.437. The Morgan fingerprint density at radius 2 is 1.95 bits per heavy atom. The molecule has 2 nitrogen and oxygen atoms in total. The first-order valence-electron chi connectivity index (χ1n) is 7.26.